The minimum atomic E-state index is 0.837. The van der Waals surface area contributed by atoms with E-state index in [1.165, 1.54) is 37.7 Å². The van der Waals surface area contributed by atoms with Crippen LogP contribution >= 0.6 is 0 Å². The van der Waals surface area contributed by atoms with E-state index in [-0.39, 0.29) is 0 Å². The van der Waals surface area contributed by atoms with Gasteiger partial charge in [-0.1, -0.05) is 38.3 Å². The molecule has 0 unspecified atom stereocenters. The Kier molecular flexibility index (Phi) is 8.97. The predicted molar refractivity (Wildman–Crippen MR) is 70.4 cm³/mol. The molecule has 94 valence electrons. The van der Waals surface area contributed by atoms with Crippen LogP contribution in [0, 0.1) is 5.92 Å². The molecule has 1 saturated carbocycles. The number of amides is 1. The number of hydrogen-bond donors (Lipinski definition) is 0. The van der Waals surface area contributed by atoms with Crippen LogP contribution in [-0.4, -0.2) is 24.9 Å². The van der Waals surface area contributed by atoms with Crippen LogP contribution in [0.25, 0.3) is 0 Å². The molecule has 0 aromatic heterocycles. The molecule has 0 N–H and O–H groups in total. The molecule has 1 aliphatic carbocycles. The number of rotatable bonds is 4. The van der Waals surface area contributed by atoms with Crippen LogP contribution < -0.4 is 0 Å². The molecule has 2 nitrogen and oxygen atoms in total. The summed E-state index contributed by atoms with van der Waals surface area (Å²) in [6, 6.07) is 0. The topological polar surface area (TPSA) is 20.3 Å². The Balaban J connectivity index is 0.000000293. The van der Waals surface area contributed by atoms with Gasteiger partial charge in [0.15, 0.2) is 0 Å². The van der Waals surface area contributed by atoms with Crippen LogP contribution in [0.15, 0.2) is 12.2 Å². The fourth-order valence-electron chi connectivity index (χ4n) is 2.00. The molecule has 0 saturated heterocycles. The van der Waals surface area contributed by atoms with Crippen LogP contribution in [0.1, 0.15) is 52.4 Å². The summed E-state index contributed by atoms with van der Waals surface area (Å²) in [7, 11) is 1.77. The van der Waals surface area contributed by atoms with E-state index in [4.69, 9.17) is 0 Å². The number of carbonyl (C=O) groups is 1. The smallest absolute Gasteiger partial charge is 0.209 e. The molecule has 1 fully saturated rings. The maximum absolute atomic E-state index is 9.82. The van der Waals surface area contributed by atoms with Gasteiger partial charge in [-0.25, -0.2) is 0 Å². The second kappa shape index (κ2) is 9.44. The average molecular weight is 225 g/mol. The number of hydrogen-bond acceptors (Lipinski definition) is 1. The minimum Gasteiger partial charge on any atom is -0.348 e. The standard InChI is InChI=1S/C9H16.C5H11NO/c1-8(2)9-6-4-3-5-7-9;1-3-4-6(2)5-7/h9H,1,3-7H2,2H3;5H,3-4H2,1-2H3. The third kappa shape index (κ3) is 7.49. The number of nitrogens with zero attached hydrogens (tertiary/aromatic N) is 1. The van der Waals surface area contributed by atoms with Gasteiger partial charge in [-0.05, 0) is 32.1 Å². The second-order valence-electron chi connectivity index (χ2n) is 4.77. The van der Waals surface area contributed by atoms with Crippen LogP contribution in [0.5, 0.6) is 0 Å². The van der Waals surface area contributed by atoms with Crippen LogP contribution in [0.2, 0.25) is 0 Å². The Labute approximate surface area is 101 Å². The SMILES string of the molecule is C=C(C)C1CCCCC1.CCCN(C)C=O. The van der Waals surface area contributed by atoms with E-state index < -0.39 is 0 Å². The van der Waals surface area contributed by atoms with E-state index in [0.29, 0.717) is 0 Å². The predicted octanol–water partition coefficient (Wildman–Crippen LogP) is 3.63. The third-order valence-corrected chi connectivity index (χ3v) is 3.06. The first-order chi connectivity index (χ1) is 7.61. The summed E-state index contributed by atoms with van der Waals surface area (Å²) in [6.07, 6.45) is 8.97. The van der Waals surface area contributed by atoms with Crippen molar-refractivity contribution in [2.24, 2.45) is 5.92 Å². The van der Waals surface area contributed by atoms with Crippen molar-refractivity contribution in [3.63, 3.8) is 0 Å². The molecule has 2 heteroatoms. The largest absolute Gasteiger partial charge is 0.348 e. The molecule has 1 amide bonds. The number of carbonyl (C=O) groups excluding carboxylic acids is 1. The van der Waals surface area contributed by atoms with Gasteiger partial charge in [-0.15, -0.1) is 0 Å². The zero-order chi connectivity index (χ0) is 12.4. The number of allylic oxidation sites excluding steroid dienone is 1. The van der Waals surface area contributed by atoms with Crippen molar-refractivity contribution in [2.45, 2.75) is 52.4 Å². The van der Waals surface area contributed by atoms with Crippen molar-refractivity contribution >= 4 is 6.41 Å². The maximum atomic E-state index is 9.82. The molecule has 0 aromatic rings. The van der Waals surface area contributed by atoms with Gasteiger partial charge < -0.3 is 4.90 Å². The summed E-state index contributed by atoms with van der Waals surface area (Å²) in [6.45, 7) is 9.05. The van der Waals surface area contributed by atoms with E-state index in [1.807, 2.05) is 6.92 Å². The Hall–Kier alpha value is -0.790. The summed E-state index contributed by atoms with van der Waals surface area (Å²) in [4.78, 5) is 11.4. The fourth-order valence-corrected chi connectivity index (χ4v) is 2.00. The lowest BCUT2D eigenvalue weighted by molar-refractivity contribution is -0.117. The molecule has 1 rings (SSSR count). The highest BCUT2D eigenvalue weighted by Crippen LogP contribution is 2.28. The van der Waals surface area contributed by atoms with Gasteiger partial charge in [0.1, 0.15) is 0 Å². The average Bonchev–Trinajstić information content (AvgIpc) is 2.31. The Morgan fingerprint density at radius 2 is 1.94 bits per heavy atom. The minimum absolute atomic E-state index is 0.837. The van der Waals surface area contributed by atoms with E-state index in [2.05, 4.69) is 13.5 Å². The van der Waals surface area contributed by atoms with Crippen molar-refractivity contribution in [3.8, 4) is 0 Å². The van der Waals surface area contributed by atoms with Crippen LogP contribution in [0.4, 0.5) is 0 Å². The lowest BCUT2D eigenvalue weighted by Gasteiger charge is -2.21. The fraction of sp³-hybridized carbons (Fsp3) is 0.786. The van der Waals surface area contributed by atoms with Crippen LogP contribution in [0.3, 0.4) is 0 Å². The zero-order valence-corrected chi connectivity index (χ0v) is 11.2. The molecule has 0 aliphatic heterocycles. The lowest BCUT2D eigenvalue weighted by Crippen LogP contribution is -2.15. The van der Waals surface area contributed by atoms with E-state index in [0.717, 1.165) is 25.3 Å². The second-order valence-corrected chi connectivity index (χ2v) is 4.77. The summed E-state index contributed by atoms with van der Waals surface area (Å²) >= 11 is 0. The van der Waals surface area contributed by atoms with Crippen molar-refractivity contribution in [1.82, 2.24) is 4.90 Å². The molecule has 0 bridgehead atoms. The van der Waals surface area contributed by atoms with Gasteiger partial charge >= 0.3 is 0 Å². The summed E-state index contributed by atoms with van der Waals surface area (Å²) in [5.41, 5.74) is 1.40. The highest BCUT2D eigenvalue weighted by Gasteiger charge is 2.12. The lowest BCUT2D eigenvalue weighted by atomic mass is 9.85. The molecule has 16 heavy (non-hydrogen) atoms. The molecule has 0 aromatic carbocycles. The Morgan fingerprint density at radius 3 is 2.19 bits per heavy atom. The van der Waals surface area contributed by atoms with Gasteiger partial charge in [-0.2, -0.15) is 0 Å². The van der Waals surface area contributed by atoms with Gasteiger partial charge in [0.05, 0.1) is 0 Å². The molecular weight excluding hydrogens is 198 g/mol. The molecule has 0 radical (unpaired) electrons. The van der Waals surface area contributed by atoms with Crippen molar-refractivity contribution in [3.05, 3.63) is 12.2 Å². The molecular formula is C14H27NO. The first kappa shape index (κ1) is 15.2. The molecule has 1 aliphatic rings. The summed E-state index contributed by atoms with van der Waals surface area (Å²) in [5, 5.41) is 0. The first-order valence-corrected chi connectivity index (χ1v) is 6.42. The Morgan fingerprint density at radius 1 is 1.38 bits per heavy atom. The first-order valence-electron chi connectivity index (χ1n) is 6.42. The Bertz CT molecular complexity index is 195. The van der Waals surface area contributed by atoms with Crippen molar-refractivity contribution < 1.29 is 4.79 Å². The van der Waals surface area contributed by atoms with E-state index in [9.17, 15) is 4.79 Å². The highest BCUT2D eigenvalue weighted by molar-refractivity contribution is 5.46. The highest BCUT2D eigenvalue weighted by atomic mass is 16.1. The quantitative estimate of drug-likeness (QED) is 0.528. The van der Waals surface area contributed by atoms with Crippen molar-refractivity contribution in [2.75, 3.05) is 13.6 Å². The van der Waals surface area contributed by atoms with Gasteiger partial charge in [-0.3, -0.25) is 4.79 Å². The zero-order valence-electron chi connectivity index (χ0n) is 11.2. The van der Waals surface area contributed by atoms with E-state index in [1.54, 1.807) is 11.9 Å². The van der Waals surface area contributed by atoms with Gasteiger partial charge in [0, 0.05) is 13.6 Å². The molecule has 0 atom stereocenters. The monoisotopic (exact) mass is 225 g/mol. The normalized spacial score (nSPS) is 15.9. The third-order valence-electron chi connectivity index (χ3n) is 3.06. The van der Waals surface area contributed by atoms with Gasteiger partial charge in [0.2, 0.25) is 6.41 Å². The molecule has 0 spiro atoms. The summed E-state index contributed by atoms with van der Waals surface area (Å²) < 4.78 is 0. The van der Waals surface area contributed by atoms with Crippen molar-refractivity contribution in [1.29, 1.82) is 0 Å². The van der Waals surface area contributed by atoms with E-state index >= 15 is 0 Å². The maximum Gasteiger partial charge on any atom is 0.209 e. The summed E-state index contributed by atoms with van der Waals surface area (Å²) in [5.74, 6) is 0.860. The molecule has 0 heterocycles. The van der Waals surface area contributed by atoms with Crippen LogP contribution in [-0.2, 0) is 4.79 Å². The van der Waals surface area contributed by atoms with Gasteiger partial charge in [0.25, 0.3) is 0 Å².